The average Bonchev–Trinajstić information content (AvgIpc) is 2.45. The molecule has 1 saturated heterocycles. The predicted molar refractivity (Wildman–Crippen MR) is 81.6 cm³/mol. The average molecular weight is 283 g/mol. The smallest absolute Gasteiger partial charge is 0.221 e. The molecule has 1 aliphatic heterocycles. The first-order valence-corrected chi connectivity index (χ1v) is 8.48. The second-order valence-electron chi connectivity index (χ2n) is 5.39. The van der Waals surface area contributed by atoms with Crippen molar-refractivity contribution in [1.82, 2.24) is 10.6 Å². The number of nitrogens with one attached hydrogen (secondary N) is 2. The van der Waals surface area contributed by atoms with Crippen molar-refractivity contribution < 1.29 is 4.79 Å². The van der Waals surface area contributed by atoms with Gasteiger partial charge in [0.05, 0.1) is 6.54 Å². The summed E-state index contributed by atoms with van der Waals surface area (Å²) in [6.45, 7) is 3.43. The molecule has 0 bridgehead atoms. The zero-order chi connectivity index (χ0) is 13.5. The van der Waals surface area contributed by atoms with Crippen LogP contribution < -0.4 is 10.6 Å². The number of aliphatic imine (C=N–C) groups is 1. The molecule has 0 radical (unpaired) electrons. The number of rotatable bonds is 5. The summed E-state index contributed by atoms with van der Waals surface area (Å²) in [5.41, 5.74) is 0. The minimum Gasteiger partial charge on any atom is -0.362 e. The van der Waals surface area contributed by atoms with Gasteiger partial charge in [0.2, 0.25) is 5.91 Å². The Balaban J connectivity index is 1.70. The number of nitrogens with zero attached hydrogens (tertiary/aromatic N) is 1. The van der Waals surface area contributed by atoms with Gasteiger partial charge < -0.3 is 10.6 Å². The molecule has 2 N–H and O–H groups in total. The molecule has 0 aromatic heterocycles. The van der Waals surface area contributed by atoms with Crippen LogP contribution in [0.3, 0.4) is 0 Å². The van der Waals surface area contributed by atoms with Gasteiger partial charge in [-0.05, 0) is 25.2 Å². The molecule has 4 nitrogen and oxygen atoms in total. The Labute approximate surface area is 120 Å². The molecular weight excluding hydrogens is 258 g/mol. The van der Waals surface area contributed by atoms with Crippen LogP contribution in [-0.4, -0.2) is 36.0 Å². The molecule has 2 aliphatic rings. The Bertz CT molecular complexity index is 333. The van der Waals surface area contributed by atoms with Crippen molar-refractivity contribution in [3.05, 3.63) is 0 Å². The third-order valence-electron chi connectivity index (χ3n) is 3.82. The second kappa shape index (κ2) is 7.78. The Hall–Kier alpha value is -0.710. The quantitative estimate of drug-likeness (QED) is 0.813. The van der Waals surface area contributed by atoms with E-state index < -0.39 is 0 Å². The van der Waals surface area contributed by atoms with E-state index >= 15 is 0 Å². The van der Waals surface area contributed by atoms with E-state index in [2.05, 4.69) is 22.5 Å². The van der Waals surface area contributed by atoms with Crippen LogP contribution in [0.15, 0.2) is 4.99 Å². The monoisotopic (exact) mass is 283 g/mol. The van der Waals surface area contributed by atoms with Crippen molar-refractivity contribution in [1.29, 1.82) is 0 Å². The Morgan fingerprint density at radius 3 is 3.16 bits per heavy atom. The highest BCUT2D eigenvalue weighted by atomic mass is 32.2. The minimum atomic E-state index is 0.113. The van der Waals surface area contributed by atoms with Crippen LogP contribution in [0, 0.1) is 5.92 Å². The highest BCUT2D eigenvalue weighted by Gasteiger charge is 2.29. The van der Waals surface area contributed by atoms with Crippen molar-refractivity contribution in [2.45, 2.75) is 51.5 Å². The number of hydrogen-bond acceptors (Lipinski definition) is 3. The van der Waals surface area contributed by atoms with E-state index in [4.69, 9.17) is 0 Å². The van der Waals surface area contributed by atoms with Crippen molar-refractivity contribution in [3.8, 4) is 0 Å². The summed E-state index contributed by atoms with van der Waals surface area (Å²) in [6, 6.07) is 0.627. The molecule has 5 heteroatoms. The second-order valence-corrected chi connectivity index (χ2v) is 6.40. The molecule has 1 amide bonds. The number of amidine groups is 1. The molecule has 1 aliphatic carbocycles. The predicted octanol–water partition coefficient (Wildman–Crippen LogP) is 2.15. The van der Waals surface area contributed by atoms with Gasteiger partial charge in [0, 0.05) is 24.8 Å². The fourth-order valence-corrected chi connectivity index (χ4v) is 3.87. The summed E-state index contributed by atoms with van der Waals surface area (Å²) in [4.78, 5) is 16.0. The lowest BCUT2D eigenvalue weighted by Gasteiger charge is -2.36. The first-order valence-electron chi connectivity index (χ1n) is 7.50. The van der Waals surface area contributed by atoms with Gasteiger partial charge in [-0.2, -0.15) is 0 Å². The highest BCUT2D eigenvalue weighted by Crippen LogP contribution is 2.31. The zero-order valence-electron chi connectivity index (χ0n) is 11.8. The zero-order valence-corrected chi connectivity index (χ0v) is 12.6. The molecule has 0 aromatic rings. The van der Waals surface area contributed by atoms with Gasteiger partial charge in [-0.1, -0.05) is 31.5 Å². The van der Waals surface area contributed by atoms with Crippen LogP contribution in [-0.2, 0) is 4.79 Å². The molecule has 2 unspecified atom stereocenters. The molecule has 0 aromatic carbocycles. The minimum absolute atomic E-state index is 0.113. The molecule has 108 valence electrons. The Morgan fingerprint density at radius 2 is 2.32 bits per heavy atom. The summed E-state index contributed by atoms with van der Waals surface area (Å²) in [5.74, 6) is 2.13. The van der Waals surface area contributed by atoms with E-state index in [1.54, 1.807) is 0 Å². The summed E-state index contributed by atoms with van der Waals surface area (Å²) < 4.78 is 0. The molecule has 2 rings (SSSR count). The van der Waals surface area contributed by atoms with Gasteiger partial charge in [0.25, 0.3) is 0 Å². The van der Waals surface area contributed by atoms with E-state index in [1.165, 1.54) is 31.4 Å². The molecular formula is C14H25N3OS. The van der Waals surface area contributed by atoms with E-state index in [0.29, 0.717) is 19.0 Å². The van der Waals surface area contributed by atoms with Crippen LogP contribution in [0.1, 0.15) is 45.4 Å². The molecule has 0 spiro atoms. The van der Waals surface area contributed by atoms with Gasteiger partial charge in [-0.3, -0.25) is 9.79 Å². The van der Waals surface area contributed by atoms with Gasteiger partial charge >= 0.3 is 0 Å². The summed E-state index contributed by atoms with van der Waals surface area (Å²) >= 11 is 1.83. The Morgan fingerprint density at radius 1 is 1.47 bits per heavy atom. The first-order chi connectivity index (χ1) is 9.29. The standard InChI is InChI=1S/C14H25N3OS/c1-2-8-15-13(18)7-9-16-14-17-12-6-4-3-5-11(12)10-19-14/h11-12H,2-10H2,1H3,(H,15,18)(H,16,17). The van der Waals surface area contributed by atoms with Crippen molar-refractivity contribution in [3.63, 3.8) is 0 Å². The molecule has 19 heavy (non-hydrogen) atoms. The maximum atomic E-state index is 11.5. The van der Waals surface area contributed by atoms with Crippen molar-refractivity contribution >= 4 is 22.8 Å². The van der Waals surface area contributed by atoms with E-state index in [0.717, 1.165) is 24.1 Å². The molecule has 1 saturated carbocycles. The normalized spacial score (nSPS) is 28.6. The fourth-order valence-electron chi connectivity index (χ4n) is 2.69. The third kappa shape index (κ3) is 4.71. The lowest BCUT2D eigenvalue weighted by Crippen LogP contribution is -2.46. The number of hydrogen-bond donors (Lipinski definition) is 2. The first kappa shape index (κ1) is 14.7. The largest absolute Gasteiger partial charge is 0.362 e. The highest BCUT2D eigenvalue weighted by molar-refractivity contribution is 8.13. The molecule has 2 atom stereocenters. The number of fused-ring (bicyclic) bond motifs is 1. The number of carbonyl (C=O) groups is 1. The number of amides is 1. The maximum Gasteiger partial charge on any atom is 0.221 e. The van der Waals surface area contributed by atoms with Crippen LogP contribution in [0.25, 0.3) is 0 Å². The fraction of sp³-hybridized carbons (Fsp3) is 0.857. The van der Waals surface area contributed by atoms with E-state index in [1.807, 2.05) is 11.8 Å². The molecule has 2 fully saturated rings. The lowest BCUT2D eigenvalue weighted by atomic mass is 9.86. The topological polar surface area (TPSA) is 53.5 Å². The SMILES string of the molecule is CCCNC(=O)CCN=C1NC2CCCCC2CS1. The van der Waals surface area contributed by atoms with E-state index in [9.17, 15) is 4.79 Å². The maximum absolute atomic E-state index is 11.5. The summed E-state index contributed by atoms with van der Waals surface area (Å²) in [7, 11) is 0. The van der Waals surface area contributed by atoms with Crippen LogP contribution in [0.4, 0.5) is 0 Å². The van der Waals surface area contributed by atoms with Crippen LogP contribution in [0.5, 0.6) is 0 Å². The Kier molecular flexibility index (Phi) is 6.01. The number of thioether (sulfide) groups is 1. The third-order valence-corrected chi connectivity index (χ3v) is 4.93. The van der Waals surface area contributed by atoms with Gasteiger partial charge in [0.15, 0.2) is 5.17 Å². The van der Waals surface area contributed by atoms with Gasteiger partial charge in [-0.25, -0.2) is 0 Å². The van der Waals surface area contributed by atoms with E-state index in [-0.39, 0.29) is 5.91 Å². The molecule has 1 heterocycles. The van der Waals surface area contributed by atoms with Crippen molar-refractivity contribution in [2.24, 2.45) is 10.9 Å². The number of carbonyl (C=O) groups excluding carboxylic acids is 1. The van der Waals surface area contributed by atoms with Crippen LogP contribution >= 0.6 is 11.8 Å². The van der Waals surface area contributed by atoms with Crippen LogP contribution in [0.2, 0.25) is 0 Å². The lowest BCUT2D eigenvalue weighted by molar-refractivity contribution is -0.120. The van der Waals surface area contributed by atoms with Gasteiger partial charge in [0.1, 0.15) is 0 Å². The van der Waals surface area contributed by atoms with Crippen molar-refractivity contribution in [2.75, 3.05) is 18.8 Å². The summed E-state index contributed by atoms with van der Waals surface area (Å²) in [5, 5.41) is 7.48. The van der Waals surface area contributed by atoms with Gasteiger partial charge in [-0.15, -0.1) is 0 Å². The summed E-state index contributed by atoms with van der Waals surface area (Å²) in [6.07, 6.45) is 6.85.